The summed E-state index contributed by atoms with van der Waals surface area (Å²) in [5.74, 6) is 0.498. The second-order valence-electron chi connectivity index (χ2n) is 5.41. The molecule has 0 bridgehead atoms. The second kappa shape index (κ2) is 8.60. The fourth-order valence-corrected chi connectivity index (χ4v) is 2.51. The van der Waals surface area contributed by atoms with Crippen molar-refractivity contribution in [3.8, 4) is 0 Å². The molecule has 2 unspecified atom stereocenters. The van der Waals surface area contributed by atoms with E-state index in [-0.39, 0.29) is 12.1 Å². The van der Waals surface area contributed by atoms with Crippen molar-refractivity contribution in [2.24, 2.45) is 0 Å². The molecule has 0 radical (unpaired) electrons. The smallest absolute Gasteiger partial charge is 0.315 e. The number of urea groups is 1. The summed E-state index contributed by atoms with van der Waals surface area (Å²) in [4.78, 5) is 11.8. The fourth-order valence-electron chi connectivity index (χ4n) is 2.28. The number of furan rings is 1. The van der Waals surface area contributed by atoms with Gasteiger partial charge < -0.3 is 20.2 Å². The number of nitrogens with one attached hydrogen (secondary N) is 2. The Balaban J connectivity index is 1.69. The standard InChI is InChI=1S/C17H21ClN2O3/c1-12(11-15(21)16-7-4-10-23-16)20-17(22)19-9-8-13-5-2-3-6-14(13)18/h2-7,10,12,15,21H,8-9,11H2,1H3,(H2,19,20,22). The van der Waals surface area contributed by atoms with Crippen molar-refractivity contribution in [2.45, 2.75) is 31.9 Å². The summed E-state index contributed by atoms with van der Waals surface area (Å²) in [6.07, 6.45) is 1.82. The average molecular weight is 337 g/mol. The molecule has 23 heavy (non-hydrogen) atoms. The second-order valence-corrected chi connectivity index (χ2v) is 5.82. The Kier molecular flexibility index (Phi) is 6.50. The monoisotopic (exact) mass is 336 g/mol. The maximum Gasteiger partial charge on any atom is 0.315 e. The highest BCUT2D eigenvalue weighted by Gasteiger charge is 2.16. The Hall–Kier alpha value is -1.98. The molecule has 0 saturated carbocycles. The fraction of sp³-hybridized carbons (Fsp3) is 0.353. The molecule has 0 fully saturated rings. The lowest BCUT2D eigenvalue weighted by atomic mass is 10.1. The zero-order valence-electron chi connectivity index (χ0n) is 13.0. The van der Waals surface area contributed by atoms with E-state index >= 15 is 0 Å². The van der Waals surface area contributed by atoms with Crippen LogP contribution in [0, 0.1) is 0 Å². The molecular formula is C17H21ClN2O3. The average Bonchev–Trinajstić information content (AvgIpc) is 3.03. The minimum absolute atomic E-state index is 0.185. The van der Waals surface area contributed by atoms with Gasteiger partial charge in [0, 0.05) is 24.0 Å². The van der Waals surface area contributed by atoms with Crippen LogP contribution in [0.15, 0.2) is 47.1 Å². The Bertz CT molecular complexity index is 616. The SMILES string of the molecule is CC(CC(O)c1ccco1)NC(=O)NCCc1ccccc1Cl. The van der Waals surface area contributed by atoms with Crippen LogP contribution in [-0.2, 0) is 6.42 Å². The molecule has 124 valence electrons. The van der Waals surface area contributed by atoms with Gasteiger partial charge in [-0.3, -0.25) is 0 Å². The first-order valence-electron chi connectivity index (χ1n) is 7.55. The van der Waals surface area contributed by atoms with E-state index in [1.807, 2.05) is 31.2 Å². The van der Waals surface area contributed by atoms with Gasteiger partial charge >= 0.3 is 6.03 Å². The maximum absolute atomic E-state index is 11.8. The first-order chi connectivity index (χ1) is 11.1. The molecule has 2 aromatic rings. The van der Waals surface area contributed by atoms with Crippen LogP contribution in [-0.4, -0.2) is 23.7 Å². The number of hydrogen-bond acceptors (Lipinski definition) is 3. The molecule has 5 nitrogen and oxygen atoms in total. The molecule has 2 amide bonds. The van der Waals surface area contributed by atoms with Gasteiger partial charge in [0.25, 0.3) is 0 Å². The highest BCUT2D eigenvalue weighted by atomic mass is 35.5. The highest BCUT2D eigenvalue weighted by Crippen LogP contribution is 2.18. The van der Waals surface area contributed by atoms with E-state index in [0.717, 1.165) is 5.56 Å². The first-order valence-corrected chi connectivity index (χ1v) is 7.93. The van der Waals surface area contributed by atoms with Gasteiger partial charge in [0.1, 0.15) is 11.9 Å². The van der Waals surface area contributed by atoms with Crippen LogP contribution in [0.3, 0.4) is 0 Å². The van der Waals surface area contributed by atoms with Crippen molar-refractivity contribution in [1.82, 2.24) is 10.6 Å². The van der Waals surface area contributed by atoms with E-state index in [4.69, 9.17) is 16.0 Å². The molecule has 0 saturated heterocycles. The van der Waals surface area contributed by atoms with E-state index in [1.165, 1.54) is 6.26 Å². The number of hydrogen-bond donors (Lipinski definition) is 3. The van der Waals surface area contributed by atoms with Gasteiger partial charge in [-0.05, 0) is 37.1 Å². The number of aliphatic hydroxyl groups excluding tert-OH is 1. The Morgan fingerprint density at radius 1 is 1.30 bits per heavy atom. The number of halogens is 1. The van der Waals surface area contributed by atoms with E-state index < -0.39 is 6.10 Å². The summed E-state index contributed by atoms with van der Waals surface area (Å²) in [5.41, 5.74) is 0.996. The normalized spacial score (nSPS) is 13.3. The van der Waals surface area contributed by atoms with Crippen LogP contribution in [0.1, 0.15) is 30.8 Å². The van der Waals surface area contributed by atoms with Gasteiger partial charge in [0.2, 0.25) is 0 Å². The number of carbonyl (C=O) groups is 1. The number of rotatable bonds is 7. The molecule has 2 atom stereocenters. The number of amides is 2. The van der Waals surface area contributed by atoms with Crippen molar-refractivity contribution in [3.63, 3.8) is 0 Å². The van der Waals surface area contributed by atoms with Gasteiger partial charge in [0.05, 0.1) is 6.26 Å². The van der Waals surface area contributed by atoms with Crippen LogP contribution >= 0.6 is 11.6 Å². The summed E-state index contributed by atoms with van der Waals surface area (Å²) < 4.78 is 5.14. The Morgan fingerprint density at radius 3 is 2.78 bits per heavy atom. The quantitative estimate of drug-likeness (QED) is 0.726. The number of aliphatic hydroxyl groups is 1. The summed E-state index contributed by atoms with van der Waals surface area (Å²) in [6, 6.07) is 10.5. The molecule has 0 spiro atoms. The Morgan fingerprint density at radius 2 is 2.09 bits per heavy atom. The molecular weight excluding hydrogens is 316 g/mol. The lowest BCUT2D eigenvalue weighted by molar-refractivity contribution is 0.129. The zero-order valence-corrected chi connectivity index (χ0v) is 13.7. The largest absolute Gasteiger partial charge is 0.467 e. The summed E-state index contributed by atoms with van der Waals surface area (Å²) in [6.45, 7) is 2.32. The predicted octanol–water partition coefficient (Wildman–Crippen LogP) is 3.29. The molecule has 2 rings (SSSR count). The maximum atomic E-state index is 11.8. The molecule has 0 aliphatic carbocycles. The van der Waals surface area contributed by atoms with Crippen LogP contribution in [0.4, 0.5) is 4.79 Å². The van der Waals surface area contributed by atoms with Crippen LogP contribution in [0.5, 0.6) is 0 Å². The third kappa shape index (κ3) is 5.62. The van der Waals surface area contributed by atoms with Gasteiger partial charge in [0.15, 0.2) is 0 Å². The number of carbonyl (C=O) groups excluding carboxylic acids is 1. The van der Waals surface area contributed by atoms with Gasteiger partial charge in [-0.2, -0.15) is 0 Å². The Labute approximate surface area is 140 Å². The van der Waals surface area contributed by atoms with E-state index in [2.05, 4.69) is 10.6 Å². The summed E-state index contributed by atoms with van der Waals surface area (Å²) >= 11 is 6.07. The first kappa shape index (κ1) is 17.4. The minimum atomic E-state index is -0.733. The lowest BCUT2D eigenvalue weighted by Crippen LogP contribution is -2.42. The summed E-state index contributed by atoms with van der Waals surface area (Å²) in [7, 11) is 0. The predicted molar refractivity (Wildman–Crippen MR) is 89.4 cm³/mol. The van der Waals surface area contributed by atoms with Gasteiger partial charge in [-0.1, -0.05) is 29.8 Å². The van der Waals surface area contributed by atoms with Crippen molar-refractivity contribution in [1.29, 1.82) is 0 Å². The summed E-state index contributed by atoms with van der Waals surface area (Å²) in [5, 5.41) is 16.2. The third-order valence-electron chi connectivity index (χ3n) is 3.46. The van der Waals surface area contributed by atoms with Crippen molar-refractivity contribution < 1.29 is 14.3 Å². The van der Waals surface area contributed by atoms with E-state index in [9.17, 15) is 9.90 Å². The third-order valence-corrected chi connectivity index (χ3v) is 3.83. The van der Waals surface area contributed by atoms with E-state index in [0.29, 0.717) is 30.2 Å². The van der Waals surface area contributed by atoms with Crippen molar-refractivity contribution in [3.05, 3.63) is 59.0 Å². The zero-order chi connectivity index (χ0) is 16.7. The van der Waals surface area contributed by atoms with Gasteiger partial charge in [-0.25, -0.2) is 4.79 Å². The van der Waals surface area contributed by atoms with Crippen LogP contribution in [0.2, 0.25) is 5.02 Å². The molecule has 1 aromatic carbocycles. The molecule has 1 aromatic heterocycles. The molecule has 0 aliphatic rings. The topological polar surface area (TPSA) is 74.5 Å². The minimum Gasteiger partial charge on any atom is -0.467 e. The highest BCUT2D eigenvalue weighted by molar-refractivity contribution is 6.31. The molecule has 6 heteroatoms. The van der Waals surface area contributed by atoms with Crippen molar-refractivity contribution in [2.75, 3.05) is 6.54 Å². The van der Waals surface area contributed by atoms with Crippen LogP contribution < -0.4 is 10.6 Å². The number of benzene rings is 1. The van der Waals surface area contributed by atoms with E-state index in [1.54, 1.807) is 12.1 Å². The molecule has 1 heterocycles. The molecule has 0 aliphatic heterocycles. The van der Waals surface area contributed by atoms with Crippen molar-refractivity contribution >= 4 is 17.6 Å². The van der Waals surface area contributed by atoms with Crippen LogP contribution in [0.25, 0.3) is 0 Å². The van der Waals surface area contributed by atoms with Gasteiger partial charge in [-0.15, -0.1) is 0 Å². The molecule has 3 N–H and O–H groups in total. The lowest BCUT2D eigenvalue weighted by Gasteiger charge is -2.17.